The highest BCUT2D eigenvalue weighted by Gasteiger charge is 2.19. The molecule has 3 heterocycles. The topological polar surface area (TPSA) is 48.0 Å². The lowest BCUT2D eigenvalue weighted by molar-refractivity contribution is 0.626. The first kappa shape index (κ1) is 16.4. The SMILES string of the molecule is Fc1ccc(Cn2cnc(-c3ccccc3)c2-c2cnn3cccnc23)cc1. The van der Waals surface area contributed by atoms with Crippen molar-refractivity contribution in [3.05, 3.63) is 97.0 Å². The van der Waals surface area contributed by atoms with E-state index in [4.69, 9.17) is 0 Å². The summed E-state index contributed by atoms with van der Waals surface area (Å²) >= 11 is 0. The van der Waals surface area contributed by atoms with Crippen molar-refractivity contribution < 1.29 is 4.39 Å². The van der Waals surface area contributed by atoms with Gasteiger partial charge in [-0.05, 0) is 23.8 Å². The fourth-order valence-electron chi connectivity index (χ4n) is 3.37. The van der Waals surface area contributed by atoms with E-state index in [-0.39, 0.29) is 5.82 Å². The Kier molecular flexibility index (Phi) is 3.94. The molecular weight excluding hydrogens is 353 g/mol. The van der Waals surface area contributed by atoms with Crippen LogP contribution in [0.5, 0.6) is 0 Å². The molecular formula is C22H16FN5. The van der Waals surface area contributed by atoms with Gasteiger partial charge in [-0.2, -0.15) is 5.10 Å². The maximum Gasteiger partial charge on any atom is 0.164 e. The quantitative estimate of drug-likeness (QED) is 0.470. The zero-order valence-electron chi connectivity index (χ0n) is 14.9. The van der Waals surface area contributed by atoms with Gasteiger partial charge in [0.15, 0.2) is 5.65 Å². The molecule has 0 aliphatic carbocycles. The third kappa shape index (κ3) is 2.85. The summed E-state index contributed by atoms with van der Waals surface area (Å²) < 4.78 is 17.1. The van der Waals surface area contributed by atoms with Gasteiger partial charge in [0.05, 0.1) is 29.5 Å². The Morgan fingerprint density at radius 3 is 2.54 bits per heavy atom. The molecule has 6 heteroatoms. The molecule has 0 fully saturated rings. The van der Waals surface area contributed by atoms with Crippen LogP contribution in [0.2, 0.25) is 0 Å². The lowest BCUT2D eigenvalue weighted by Gasteiger charge is -2.10. The van der Waals surface area contributed by atoms with Crippen molar-refractivity contribution in [3.8, 4) is 22.5 Å². The van der Waals surface area contributed by atoms with Crippen LogP contribution in [0, 0.1) is 5.82 Å². The third-order valence-electron chi connectivity index (χ3n) is 4.69. The lowest BCUT2D eigenvalue weighted by atomic mass is 10.1. The first-order valence-corrected chi connectivity index (χ1v) is 8.93. The van der Waals surface area contributed by atoms with Gasteiger partial charge >= 0.3 is 0 Å². The van der Waals surface area contributed by atoms with Gasteiger partial charge in [0.25, 0.3) is 0 Å². The number of hydrogen-bond donors (Lipinski definition) is 0. The zero-order valence-corrected chi connectivity index (χ0v) is 14.9. The summed E-state index contributed by atoms with van der Waals surface area (Å²) in [5, 5.41) is 4.43. The van der Waals surface area contributed by atoms with E-state index >= 15 is 0 Å². The molecule has 2 aromatic carbocycles. The molecule has 0 saturated heterocycles. The molecule has 3 aromatic heterocycles. The van der Waals surface area contributed by atoms with Crippen molar-refractivity contribution >= 4 is 5.65 Å². The van der Waals surface area contributed by atoms with Crippen molar-refractivity contribution in [2.45, 2.75) is 6.54 Å². The van der Waals surface area contributed by atoms with E-state index in [1.807, 2.05) is 55.1 Å². The Bertz CT molecular complexity index is 1240. The molecule has 0 unspecified atom stereocenters. The van der Waals surface area contributed by atoms with E-state index in [1.54, 1.807) is 22.8 Å². The molecule has 0 N–H and O–H groups in total. The third-order valence-corrected chi connectivity index (χ3v) is 4.69. The minimum absolute atomic E-state index is 0.244. The molecule has 0 amide bonds. The maximum atomic E-state index is 13.3. The summed E-state index contributed by atoms with van der Waals surface area (Å²) in [6.07, 6.45) is 7.25. The average molecular weight is 369 g/mol. The molecule has 0 aliphatic heterocycles. The van der Waals surface area contributed by atoms with Crippen LogP contribution in [-0.4, -0.2) is 24.1 Å². The molecule has 5 aromatic rings. The van der Waals surface area contributed by atoms with Crippen LogP contribution >= 0.6 is 0 Å². The predicted molar refractivity (Wildman–Crippen MR) is 105 cm³/mol. The Balaban J connectivity index is 1.70. The highest BCUT2D eigenvalue weighted by Crippen LogP contribution is 2.33. The molecule has 0 atom stereocenters. The molecule has 0 spiro atoms. The minimum atomic E-state index is -0.244. The van der Waals surface area contributed by atoms with Gasteiger partial charge in [-0.15, -0.1) is 0 Å². The van der Waals surface area contributed by atoms with Gasteiger partial charge in [-0.3, -0.25) is 0 Å². The van der Waals surface area contributed by atoms with Gasteiger partial charge in [0.1, 0.15) is 5.82 Å². The molecule has 0 radical (unpaired) electrons. The van der Waals surface area contributed by atoms with Gasteiger partial charge in [-0.1, -0.05) is 42.5 Å². The van der Waals surface area contributed by atoms with Crippen LogP contribution in [-0.2, 0) is 6.54 Å². The van der Waals surface area contributed by atoms with Crippen LogP contribution in [0.4, 0.5) is 4.39 Å². The molecule has 5 nitrogen and oxygen atoms in total. The van der Waals surface area contributed by atoms with Crippen molar-refractivity contribution in [2.75, 3.05) is 0 Å². The molecule has 0 aliphatic rings. The van der Waals surface area contributed by atoms with E-state index in [2.05, 4.69) is 19.6 Å². The molecule has 0 bridgehead atoms. The number of fused-ring (bicyclic) bond motifs is 1. The highest BCUT2D eigenvalue weighted by atomic mass is 19.1. The van der Waals surface area contributed by atoms with Crippen LogP contribution in [0.3, 0.4) is 0 Å². The average Bonchev–Trinajstić information content (AvgIpc) is 3.34. The first-order valence-electron chi connectivity index (χ1n) is 8.93. The molecule has 0 saturated carbocycles. The van der Waals surface area contributed by atoms with Crippen LogP contribution < -0.4 is 0 Å². The van der Waals surface area contributed by atoms with E-state index in [0.29, 0.717) is 6.54 Å². The second kappa shape index (κ2) is 6.74. The summed E-state index contributed by atoms with van der Waals surface area (Å²) in [5.74, 6) is -0.244. The summed E-state index contributed by atoms with van der Waals surface area (Å²) in [5.41, 5.74) is 5.47. The second-order valence-electron chi connectivity index (χ2n) is 6.51. The Labute approximate surface area is 160 Å². The lowest BCUT2D eigenvalue weighted by Crippen LogP contribution is -2.01. The summed E-state index contributed by atoms with van der Waals surface area (Å²) in [6.45, 7) is 0.569. The van der Waals surface area contributed by atoms with Crippen LogP contribution in [0.1, 0.15) is 5.56 Å². The minimum Gasteiger partial charge on any atom is -0.325 e. The fraction of sp³-hybridized carbons (Fsp3) is 0.0455. The monoisotopic (exact) mass is 369 g/mol. The number of aromatic nitrogens is 5. The van der Waals surface area contributed by atoms with Gasteiger partial charge < -0.3 is 4.57 Å². The maximum absolute atomic E-state index is 13.3. The predicted octanol–water partition coefficient (Wildman–Crippen LogP) is 4.45. The number of imidazole rings is 1. The van der Waals surface area contributed by atoms with E-state index in [0.717, 1.165) is 33.7 Å². The van der Waals surface area contributed by atoms with Gasteiger partial charge in [0, 0.05) is 24.5 Å². The standard InChI is InChI=1S/C22H16FN5/c23-18-9-7-16(8-10-18)14-27-15-25-20(17-5-2-1-3-6-17)21(27)19-13-26-28-12-4-11-24-22(19)28/h1-13,15H,14H2. The largest absolute Gasteiger partial charge is 0.325 e. The second-order valence-corrected chi connectivity index (χ2v) is 6.51. The number of nitrogens with zero attached hydrogens (tertiary/aromatic N) is 5. The molecule has 5 rings (SSSR count). The molecule has 28 heavy (non-hydrogen) atoms. The van der Waals surface area contributed by atoms with Crippen molar-refractivity contribution in [3.63, 3.8) is 0 Å². The summed E-state index contributed by atoms with van der Waals surface area (Å²) in [7, 11) is 0. The van der Waals surface area contributed by atoms with E-state index < -0.39 is 0 Å². The zero-order chi connectivity index (χ0) is 18.9. The number of benzene rings is 2. The molecule has 136 valence electrons. The number of halogens is 1. The Morgan fingerprint density at radius 1 is 0.893 bits per heavy atom. The van der Waals surface area contributed by atoms with Crippen molar-refractivity contribution in [2.24, 2.45) is 0 Å². The van der Waals surface area contributed by atoms with E-state index in [1.165, 1.54) is 12.1 Å². The van der Waals surface area contributed by atoms with Crippen LogP contribution in [0.25, 0.3) is 28.2 Å². The number of rotatable bonds is 4. The highest BCUT2D eigenvalue weighted by molar-refractivity contribution is 5.85. The van der Waals surface area contributed by atoms with Crippen LogP contribution in [0.15, 0.2) is 85.6 Å². The Hall–Kier alpha value is -3.80. The summed E-state index contributed by atoms with van der Waals surface area (Å²) in [4.78, 5) is 9.19. The fourth-order valence-corrected chi connectivity index (χ4v) is 3.37. The normalized spacial score (nSPS) is 11.2. The number of hydrogen-bond acceptors (Lipinski definition) is 3. The van der Waals surface area contributed by atoms with Gasteiger partial charge in [0.2, 0.25) is 0 Å². The smallest absolute Gasteiger partial charge is 0.164 e. The van der Waals surface area contributed by atoms with Crippen molar-refractivity contribution in [1.29, 1.82) is 0 Å². The van der Waals surface area contributed by atoms with Crippen molar-refractivity contribution in [1.82, 2.24) is 24.1 Å². The first-order chi connectivity index (χ1) is 13.8. The van der Waals surface area contributed by atoms with Gasteiger partial charge in [-0.25, -0.2) is 18.9 Å². The summed E-state index contributed by atoms with van der Waals surface area (Å²) in [6, 6.07) is 18.4. The van der Waals surface area contributed by atoms with E-state index in [9.17, 15) is 4.39 Å². The Morgan fingerprint density at radius 2 is 1.71 bits per heavy atom.